The van der Waals surface area contributed by atoms with E-state index < -0.39 is 0 Å². The monoisotopic (exact) mass is 236 g/mol. The molecular weight excluding hydrogens is 230 g/mol. The largest absolute Gasteiger partial charge is 0.180 e. The van der Waals surface area contributed by atoms with Crippen molar-refractivity contribution in [2.75, 3.05) is 0 Å². The molecule has 0 spiro atoms. The molecule has 0 amide bonds. The summed E-state index contributed by atoms with van der Waals surface area (Å²) < 4.78 is 4.27. The third-order valence-corrected chi connectivity index (χ3v) is 2.03. The Bertz CT molecular complexity index is 306. The molecule has 1 aromatic rings. The Labute approximate surface area is 92.1 Å². The number of aryl methyl sites for hydroxylation is 1. The second kappa shape index (κ2) is 4.70. The molecule has 13 heavy (non-hydrogen) atoms. The molecule has 0 saturated carbocycles. The first-order valence-corrected chi connectivity index (χ1v) is 4.54. The molecule has 0 unspecified atom stereocenters. The van der Waals surface area contributed by atoms with Gasteiger partial charge in [0.1, 0.15) is 0 Å². The topological polar surface area (TPSA) is 15.6 Å². The lowest BCUT2D eigenvalue weighted by Crippen LogP contribution is -2.11. The van der Waals surface area contributed by atoms with Crippen LogP contribution in [0.3, 0.4) is 0 Å². The quantitative estimate of drug-likeness (QED) is 0.415. The maximum Gasteiger partial charge on any atom is 0.180 e. The van der Waals surface area contributed by atoms with Gasteiger partial charge in [-0.3, -0.25) is 0 Å². The van der Waals surface area contributed by atoms with Crippen molar-refractivity contribution < 1.29 is 0 Å². The number of hydrogen-bond donors (Lipinski definition) is 0. The van der Waals surface area contributed by atoms with Gasteiger partial charge in [-0.2, -0.15) is 8.45 Å². The summed E-state index contributed by atoms with van der Waals surface area (Å²) in [6.45, 7) is 1.99. The van der Waals surface area contributed by atoms with Gasteiger partial charge in [0.25, 0.3) is 0 Å². The zero-order valence-corrected chi connectivity index (χ0v) is 9.11. The smallest absolute Gasteiger partial charge is 0.173 e. The summed E-state index contributed by atoms with van der Waals surface area (Å²) in [4.78, 5) is 0. The van der Waals surface area contributed by atoms with E-state index in [0.29, 0.717) is 5.84 Å². The Morgan fingerprint density at radius 2 is 1.77 bits per heavy atom. The van der Waals surface area contributed by atoms with Crippen LogP contribution in [0, 0.1) is 6.92 Å². The van der Waals surface area contributed by atoms with Crippen molar-refractivity contribution in [3.05, 3.63) is 35.4 Å². The van der Waals surface area contributed by atoms with Crippen molar-refractivity contribution in [3.63, 3.8) is 0 Å². The minimum absolute atomic E-state index is 0.310. The standard InChI is InChI=1S/C8H7Cl3N2/c1-6-2-4-7(5-3-6)8(12-9)13(10)11/h2-5H,1H3/b12-8+. The highest BCUT2D eigenvalue weighted by Crippen LogP contribution is 2.12. The van der Waals surface area contributed by atoms with Crippen LogP contribution in [0.2, 0.25) is 0 Å². The summed E-state index contributed by atoms with van der Waals surface area (Å²) in [7, 11) is 0. The number of rotatable bonds is 1. The molecule has 0 N–H and O–H groups in total. The molecule has 2 nitrogen and oxygen atoms in total. The lowest BCUT2D eigenvalue weighted by atomic mass is 10.1. The van der Waals surface area contributed by atoms with Crippen molar-refractivity contribution in [1.29, 1.82) is 0 Å². The molecule has 5 heteroatoms. The van der Waals surface area contributed by atoms with E-state index in [0.717, 1.165) is 15.1 Å². The van der Waals surface area contributed by atoms with Crippen molar-refractivity contribution in [2.24, 2.45) is 4.51 Å². The minimum Gasteiger partial charge on any atom is -0.173 e. The van der Waals surface area contributed by atoms with Crippen LogP contribution in [0.5, 0.6) is 0 Å². The van der Waals surface area contributed by atoms with Crippen molar-refractivity contribution in [3.8, 4) is 0 Å². The van der Waals surface area contributed by atoms with Crippen LogP contribution in [0.4, 0.5) is 0 Å². The Morgan fingerprint density at radius 1 is 1.23 bits per heavy atom. The number of benzene rings is 1. The first kappa shape index (κ1) is 10.6. The summed E-state index contributed by atoms with van der Waals surface area (Å²) in [5, 5.41) is 0. The van der Waals surface area contributed by atoms with Gasteiger partial charge in [0, 0.05) is 40.9 Å². The second-order valence-corrected chi connectivity index (χ2v) is 3.53. The predicted molar refractivity (Wildman–Crippen MR) is 57.1 cm³/mol. The molecule has 0 bridgehead atoms. The molecule has 0 aromatic heterocycles. The SMILES string of the molecule is Cc1ccc(/C(=N\Cl)N(Cl)Cl)cc1. The Kier molecular flexibility index (Phi) is 3.85. The van der Waals surface area contributed by atoms with E-state index >= 15 is 0 Å². The van der Waals surface area contributed by atoms with Gasteiger partial charge >= 0.3 is 0 Å². The Balaban J connectivity index is 3.00. The normalized spacial score (nSPS) is 11.5. The second-order valence-electron chi connectivity index (χ2n) is 2.51. The number of nitrogens with zero attached hydrogens (tertiary/aromatic N) is 2. The highest BCUT2D eigenvalue weighted by atomic mass is 35.5. The van der Waals surface area contributed by atoms with E-state index in [2.05, 4.69) is 4.51 Å². The molecule has 0 radical (unpaired) electrons. The number of halogens is 3. The summed E-state index contributed by atoms with van der Waals surface area (Å²) in [6, 6.07) is 7.53. The van der Waals surface area contributed by atoms with Gasteiger partial charge in [0.2, 0.25) is 0 Å². The van der Waals surface area contributed by atoms with Gasteiger partial charge in [0.05, 0.1) is 0 Å². The van der Waals surface area contributed by atoms with E-state index in [9.17, 15) is 0 Å². The van der Waals surface area contributed by atoms with Gasteiger partial charge < -0.3 is 0 Å². The van der Waals surface area contributed by atoms with E-state index in [1.165, 1.54) is 0 Å². The van der Waals surface area contributed by atoms with Crippen LogP contribution in [-0.2, 0) is 0 Å². The third kappa shape index (κ3) is 2.76. The van der Waals surface area contributed by atoms with Crippen molar-refractivity contribution >= 4 is 41.2 Å². The van der Waals surface area contributed by atoms with Crippen molar-refractivity contribution in [2.45, 2.75) is 6.92 Å². The summed E-state index contributed by atoms with van der Waals surface area (Å²) in [5.41, 5.74) is 1.92. The average Bonchev–Trinajstić information content (AvgIpc) is 2.09. The molecule has 0 aliphatic carbocycles. The van der Waals surface area contributed by atoms with Gasteiger partial charge in [0.15, 0.2) is 5.84 Å². The van der Waals surface area contributed by atoms with E-state index in [1.807, 2.05) is 31.2 Å². The first-order chi connectivity index (χ1) is 6.15. The van der Waals surface area contributed by atoms with E-state index in [1.54, 1.807) is 0 Å². The molecule has 0 fully saturated rings. The zero-order valence-electron chi connectivity index (χ0n) is 6.84. The minimum atomic E-state index is 0.310. The zero-order chi connectivity index (χ0) is 9.84. The molecule has 0 aliphatic rings. The number of amidine groups is 1. The predicted octanol–water partition coefficient (Wildman–Crippen LogP) is 3.51. The van der Waals surface area contributed by atoms with Crippen LogP contribution in [0.25, 0.3) is 0 Å². The molecule has 70 valence electrons. The maximum atomic E-state index is 5.50. The summed E-state index contributed by atoms with van der Waals surface area (Å²) in [6.07, 6.45) is 0. The highest BCUT2D eigenvalue weighted by molar-refractivity contribution is 6.45. The number of hydrogen-bond acceptors (Lipinski definition) is 1. The molecule has 0 aliphatic heterocycles. The molecule has 0 atom stereocenters. The Morgan fingerprint density at radius 3 is 2.15 bits per heavy atom. The van der Waals surface area contributed by atoms with Crippen LogP contribution in [0.15, 0.2) is 28.8 Å². The summed E-state index contributed by atoms with van der Waals surface area (Å²) in [5.74, 6) is 0.310. The molecule has 0 saturated heterocycles. The van der Waals surface area contributed by atoms with Crippen LogP contribution >= 0.6 is 35.3 Å². The lowest BCUT2D eigenvalue weighted by Gasteiger charge is -2.07. The maximum absolute atomic E-state index is 5.50. The summed E-state index contributed by atoms with van der Waals surface area (Å²) >= 11 is 16.3. The molecule has 0 heterocycles. The van der Waals surface area contributed by atoms with Crippen LogP contribution in [-0.4, -0.2) is 9.77 Å². The highest BCUT2D eigenvalue weighted by Gasteiger charge is 2.08. The molecule has 1 aromatic carbocycles. The lowest BCUT2D eigenvalue weighted by molar-refractivity contribution is 1.08. The van der Waals surface area contributed by atoms with Gasteiger partial charge in [-0.1, -0.05) is 29.8 Å². The molecular formula is C8H7Cl3N2. The molecule has 1 rings (SSSR count). The van der Waals surface area contributed by atoms with Crippen LogP contribution in [0.1, 0.15) is 11.1 Å². The fourth-order valence-corrected chi connectivity index (χ4v) is 1.40. The van der Waals surface area contributed by atoms with E-state index in [4.69, 9.17) is 35.3 Å². The van der Waals surface area contributed by atoms with Crippen molar-refractivity contribution in [1.82, 2.24) is 3.94 Å². The van der Waals surface area contributed by atoms with Gasteiger partial charge in [-0.15, -0.1) is 0 Å². The van der Waals surface area contributed by atoms with E-state index in [-0.39, 0.29) is 0 Å². The van der Waals surface area contributed by atoms with Gasteiger partial charge in [-0.25, -0.2) is 0 Å². The van der Waals surface area contributed by atoms with Gasteiger partial charge in [-0.05, 0) is 6.92 Å². The average molecular weight is 238 g/mol. The fourth-order valence-electron chi connectivity index (χ4n) is 0.878. The first-order valence-electron chi connectivity index (χ1n) is 3.53. The van der Waals surface area contributed by atoms with Crippen LogP contribution < -0.4 is 0 Å². The Hall–Kier alpha value is -0.440. The third-order valence-electron chi connectivity index (χ3n) is 1.55. The fraction of sp³-hybridized carbons (Fsp3) is 0.125.